The first kappa shape index (κ1) is 30.2. The van der Waals surface area contributed by atoms with E-state index in [-0.39, 0.29) is 0 Å². The second-order valence-corrected chi connectivity index (χ2v) is 6.21. The molecule has 4 aromatic rings. The van der Waals surface area contributed by atoms with Gasteiger partial charge in [0.05, 0.1) is 29.9 Å². The second-order valence-electron chi connectivity index (χ2n) is 6.21. The third kappa shape index (κ3) is 8.99. The molecule has 0 aliphatic carbocycles. The van der Waals surface area contributed by atoms with Crippen LogP contribution in [0.2, 0.25) is 0 Å². The number of hydrogen-bond acceptors (Lipinski definition) is 6. The number of hydrogen-bond donors (Lipinski definition) is 1. The molecule has 0 radical (unpaired) electrons. The largest absolute Gasteiger partial charge is 0.381 e. The van der Waals surface area contributed by atoms with E-state index >= 15 is 0 Å². The Kier molecular flexibility index (Phi) is 15.8. The highest BCUT2D eigenvalue weighted by Crippen LogP contribution is 2.21. The van der Waals surface area contributed by atoms with Crippen LogP contribution < -0.4 is 5.73 Å². The molecule has 1 aromatic carbocycles. The minimum Gasteiger partial charge on any atom is -0.381 e. The first-order valence-electron chi connectivity index (χ1n) is 12.1. The Bertz CT molecular complexity index is 1110. The lowest BCUT2D eigenvalue weighted by molar-refractivity contribution is 0.884. The van der Waals surface area contributed by atoms with Crippen LogP contribution >= 0.6 is 0 Å². The molecule has 0 aliphatic rings. The lowest BCUT2D eigenvalue weighted by Crippen LogP contribution is -2.00. The minimum atomic E-state index is 0.291. The van der Waals surface area contributed by atoms with Crippen molar-refractivity contribution in [1.82, 2.24) is 24.6 Å². The van der Waals surface area contributed by atoms with Crippen LogP contribution in [0.5, 0.6) is 0 Å². The molecule has 3 heterocycles. The number of pyridine rings is 1. The van der Waals surface area contributed by atoms with E-state index in [9.17, 15) is 0 Å². The van der Waals surface area contributed by atoms with Gasteiger partial charge in [0.25, 0.3) is 0 Å². The lowest BCUT2D eigenvalue weighted by Gasteiger charge is -2.03. The predicted octanol–water partition coefficient (Wildman–Crippen LogP) is 6.73. The zero-order chi connectivity index (χ0) is 25.9. The molecule has 0 saturated heterocycles. The minimum absolute atomic E-state index is 0.291. The number of fused-ring (bicyclic) bond motifs is 1. The normalized spacial score (nSPS) is 8.91. The Morgan fingerprint density at radius 2 is 1.62 bits per heavy atom. The highest BCUT2D eigenvalue weighted by Gasteiger charge is 2.12. The first-order valence-corrected chi connectivity index (χ1v) is 12.1. The Balaban J connectivity index is 0.00000108. The maximum absolute atomic E-state index is 9.05. The summed E-state index contributed by atoms with van der Waals surface area (Å²) < 4.78 is 1.62. The molecule has 3 aromatic heterocycles. The Morgan fingerprint density at radius 3 is 2.21 bits per heavy atom. The molecule has 0 unspecified atom stereocenters. The lowest BCUT2D eigenvalue weighted by atomic mass is 10.1. The fourth-order valence-corrected chi connectivity index (χ4v) is 2.58. The maximum atomic E-state index is 9.05. The highest BCUT2D eigenvalue weighted by molar-refractivity contribution is 5.68. The zero-order valence-electron chi connectivity index (χ0n) is 21.9. The van der Waals surface area contributed by atoms with Gasteiger partial charge in [-0.25, -0.2) is 14.5 Å². The summed E-state index contributed by atoms with van der Waals surface area (Å²) in [6, 6.07) is 15.0. The molecule has 0 aliphatic heterocycles. The van der Waals surface area contributed by atoms with E-state index in [0.717, 1.165) is 11.3 Å². The van der Waals surface area contributed by atoms with Crippen LogP contribution in [0.4, 0.5) is 5.82 Å². The van der Waals surface area contributed by atoms with Gasteiger partial charge in [-0.05, 0) is 24.3 Å². The first-order chi connectivity index (χ1) is 16.6. The van der Waals surface area contributed by atoms with Gasteiger partial charge in [-0.2, -0.15) is 10.4 Å². The SMILES string of the molecule is CC.CC.CC.CCC.N#Cc1cccc(-c2cn3nc(Cc4ccccn4)nc3c(N)n2)c1. The van der Waals surface area contributed by atoms with Gasteiger partial charge < -0.3 is 5.73 Å². The summed E-state index contributed by atoms with van der Waals surface area (Å²) in [5, 5.41) is 13.5. The second kappa shape index (κ2) is 17.7. The van der Waals surface area contributed by atoms with Gasteiger partial charge in [-0.1, -0.05) is 80.0 Å². The third-order valence-corrected chi connectivity index (χ3v) is 3.74. The smallest absolute Gasteiger partial charge is 0.198 e. The van der Waals surface area contributed by atoms with Crippen molar-refractivity contribution in [3.8, 4) is 17.3 Å². The van der Waals surface area contributed by atoms with Crippen LogP contribution in [0, 0.1) is 11.3 Å². The van der Waals surface area contributed by atoms with E-state index in [1.807, 2.05) is 71.9 Å². The molecule has 2 N–H and O–H groups in total. The number of benzene rings is 1. The Labute approximate surface area is 204 Å². The van der Waals surface area contributed by atoms with Gasteiger partial charge in [0.2, 0.25) is 0 Å². The molecule has 0 spiro atoms. The predicted molar refractivity (Wildman–Crippen MR) is 142 cm³/mol. The molecule has 0 saturated carbocycles. The fraction of sp³-hybridized carbons (Fsp3) is 0.370. The number of nitriles is 1. The Morgan fingerprint density at radius 1 is 0.941 bits per heavy atom. The summed E-state index contributed by atoms with van der Waals surface area (Å²) in [6.45, 7) is 16.2. The summed E-state index contributed by atoms with van der Waals surface area (Å²) in [7, 11) is 0. The molecule has 0 fully saturated rings. The number of nitrogens with two attached hydrogens (primary N) is 1. The maximum Gasteiger partial charge on any atom is 0.198 e. The third-order valence-electron chi connectivity index (χ3n) is 3.74. The molecule has 7 heteroatoms. The Hall–Kier alpha value is -3.79. The molecule has 0 amide bonds. The van der Waals surface area contributed by atoms with Gasteiger partial charge in [0.15, 0.2) is 17.3 Å². The number of nitrogen functional groups attached to an aromatic ring is 1. The summed E-state index contributed by atoms with van der Waals surface area (Å²) >= 11 is 0. The summed E-state index contributed by atoms with van der Waals surface area (Å²) in [6.07, 6.45) is 5.26. The van der Waals surface area contributed by atoms with Crippen molar-refractivity contribution in [3.05, 3.63) is 71.9 Å². The van der Waals surface area contributed by atoms with Crippen LogP contribution in [0.15, 0.2) is 54.9 Å². The van der Waals surface area contributed by atoms with Crippen molar-refractivity contribution < 1.29 is 0 Å². The molecular weight excluding hydrogens is 422 g/mol. The van der Waals surface area contributed by atoms with Gasteiger partial charge in [-0.3, -0.25) is 4.98 Å². The summed E-state index contributed by atoms with van der Waals surface area (Å²) in [5.74, 6) is 0.912. The van der Waals surface area contributed by atoms with Crippen molar-refractivity contribution in [1.29, 1.82) is 5.26 Å². The number of rotatable bonds is 3. The number of aromatic nitrogens is 5. The van der Waals surface area contributed by atoms with Gasteiger partial charge in [0.1, 0.15) is 0 Å². The standard InChI is InChI=1S/C18H13N7.C3H8.3C2H6/c19-10-12-4-3-5-13(8-12)15-11-25-18(17(20)22-15)23-16(24-25)9-14-6-1-2-7-21-14;1-3-2;3*1-2/h1-8,11H,9H2,(H2,20,22);3H2,1-2H3;3*1-2H3. The van der Waals surface area contributed by atoms with Crippen molar-refractivity contribution >= 4 is 11.5 Å². The van der Waals surface area contributed by atoms with Crippen molar-refractivity contribution in [2.75, 3.05) is 5.73 Å². The topological polar surface area (TPSA) is 106 Å². The molecule has 34 heavy (non-hydrogen) atoms. The number of nitrogens with zero attached hydrogens (tertiary/aromatic N) is 6. The van der Waals surface area contributed by atoms with E-state index < -0.39 is 0 Å². The van der Waals surface area contributed by atoms with Crippen LogP contribution in [0.25, 0.3) is 16.9 Å². The zero-order valence-corrected chi connectivity index (χ0v) is 21.9. The van der Waals surface area contributed by atoms with Gasteiger partial charge in [0, 0.05) is 17.5 Å². The van der Waals surface area contributed by atoms with Crippen LogP contribution in [-0.2, 0) is 6.42 Å². The van der Waals surface area contributed by atoms with E-state index in [2.05, 4.69) is 40.0 Å². The summed E-state index contributed by atoms with van der Waals surface area (Å²) in [4.78, 5) is 13.1. The molecule has 182 valence electrons. The quantitative estimate of drug-likeness (QED) is 0.363. The van der Waals surface area contributed by atoms with Gasteiger partial charge >= 0.3 is 0 Å². The monoisotopic (exact) mass is 461 g/mol. The van der Waals surface area contributed by atoms with Crippen LogP contribution in [-0.4, -0.2) is 24.6 Å². The van der Waals surface area contributed by atoms with Crippen LogP contribution in [0.3, 0.4) is 0 Å². The van der Waals surface area contributed by atoms with Crippen molar-refractivity contribution in [2.45, 2.75) is 68.2 Å². The van der Waals surface area contributed by atoms with E-state index in [0.29, 0.717) is 35.0 Å². The summed E-state index contributed by atoms with van der Waals surface area (Å²) in [5.41, 5.74) is 9.44. The fourth-order valence-electron chi connectivity index (χ4n) is 2.58. The van der Waals surface area contributed by atoms with Crippen molar-refractivity contribution in [3.63, 3.8) is 0 Å². The molecule has 4 rings (SSSR count). The molecule has 0 bridgehead atoms. The van der Waals surface area contributed by atoms with E-state index in [1.54, 1.807) is 29.0 Å². The average Bonchev–Trinajstić information content (AvgIpc) is 3.32. The van der Waals surface area contributed by atoms with E-state index in [1.165, 1.54) is 6.42 Å². The van der Waals surface area contributed by atoms with Gasteiger partial charge in [-0.15, -0.1) is 0 Å². The molecule has 7 nitrogen and oxygen atoms in total. The van der Waals surface area contributed by atoms with Crippen molar-refractivity contribution in [2.24, 2.45) is 0 Å². The number of anilines is 1. The average molecular weight is 462 g/mol. The highest BCUT2D eigenvalue weighted by atomic mass is 15.3. The van der Waals surface area contributed by atoms with Crippen LogP contribution in [0.1, 0.15) is 78.9 Å². The molecule has 0 atom stereocenters. The molecular formula is C27H39N7. The van der Waals surface area contributed by atoms with E-state index in [4.69, 9.17) is 11.0 Å².